The van der Waals surface area contributed by atoms with Gasteiger partial charge in [0.25, 0.3) is 6.47 Å². The number of fused-ring (bicyclic) bond motifs is 5. The summed E-state index contributed by atoms with van der Waals surface area (Å²) in [7, 11) is 1.45. The molecule has 5 unspecified atom stereocenters. The molecule has 0 spiro atoms. The number of hydrogen-bond donors (Lipinski definition) is 0. The SMILES string of the molecule is CCC[C@]1(OC=O)CCC2C3C(=CCC21C)C1(C)CCC(=O)C=C1CC3C(=O)OC. The van der Waals surface area contributed by atoms with Crippen molar-refractivity contribution in [1.29, 1.82) is 0 Å². The monoisotopic (exact) mass is 414 g/mol. The predicted octanol–water partition coefficient (Wildman–Crippen LogP) is 4.55. The van der Waals surface area contributed by atoms with Crippen LogP contribution in [0.3, 0.4) is 0 Å². The third-order valence-electron chi connectivity index (χ3n) is 9.11. The predicted molar refractivity (Wildman–Crippen MR) is 112 cm³/mol. The van der Waals surface area contributed by atoms with Gasteiger partial charge in [0, 0.05) is 17.3 Å². The van der Waals surface area contributed by atoms with Crippen LogP contribution in [0.4, 0.5) is 0 Å². The summed E-state index contributed by atoms with van der Waals surface area (Å²) in [5.74, 6) is 0.00261. The van der Waals surface area contributed by atoms with Crippen LogP contribution in [-0.4, -0.2) is 30.9 Å². The molecule has 0 aromatic heterocycles. The molecular weight excluding hydrogens is 380 g/mol. The number of esters is 1. The fraction of sp³-hybridized carbons (Fsp3) is 0.720. The molecule has 0 heterocycles. The molecule has 0 N–H and O–H groups in total. The summed E-state index contributed by atoms with van der Waals surface area (Å²) in [6, 6.07) is 0. The second-order valence-electron chi connectivity index (χ2n) is 10.2. The Balaban J connectivity index is 1.84. The zero-order chi connectivity index (χ0) is 21.7. The lowest BCUT2D eigenvalue weighted by Crippen LogP contribution is -2.54. The molecule has 5 nitrogen and oxygen atoms in total. The van der Waals surface area contributed by atoms with Crippen molar-refractivity contribution in [3.05, 3.63) is 23.3 Å². The number of allylic oxidation sites excluding steroid dienone is 4. The molecule has 164 valence electrons. The van der Waals surface area contributed by atoms with Crippen molar-refractivity contribution in [2.75, 3.05) is 7.11 Å². The van der Waals surface area contributed by atoms with Gasteiger partial charge in [-0.1, -0.05) is 44.4 Å². The van der Waals surface area contributed by atoms with Gasteiger partial charge in [-0.25, -0.2) is 0 Å². The Labute approximate surface area is 179 Å². The van der Waals surface area contributed by atoms with Crippen molar-refractivity contribution < 1.29 is 23.9 Å². The van der Waals surface area contributed by atoms with E-state index in [2.05, 4.69) is 26.8 Å². The third-order valence-corrected chi connectivity index (χ3v) is 9.11. The first-order valence-corrected chi connectivity index (χ1v) is 11.4. The van der Waals surface area contributed by atoms with Crippen molar-refractivity contribution in [3.63, 3.8) is 0 Å². The van der Waals surface area contributed by atoms with Crippen molar-refractivity contribution in [2.45, 2.75) is 77.7 Å². The Bertz CT molecular complexity index is 825. The fourth-order valence-corrected chi connectivity index (χ4v) is 7.49. The summed E-state index contributed by atoms with van der Waals surface area (Å²) in [4.78, 5) is 36.6. The minimum absolute atomic E-state index is 0.0699. The quantitative estimate of drug-likeness (QED) is 0.375. The van der Waals surface area contributed by atoms with Crippen LogP contribution in [0, 0.1) is 28.6 Å². The molecule has 0 aliphatic heterocycles. The number of hydrogen-bond acceptors (Lipinski definition) is 5. The van der Waals surface area contributed by atoms with E-state index in [1.807, 2.05) is 0 Å². The Kier molecular flexibility index (Phi) is 5.22. The molecule has 2 saturated carbocycles. The maximum absolute atomic E-state index is 12.9. The lowest BCUT2D eigenvalue weighted by atomic mass is 9.48. The Morgan fingerprint density at radius 3 is 2.73 bits per heavy atom. The van der Waals surface area contributed by atoms with Crippen LogP contribution in [0.2, 0.25) is 0 Å². The summed E-state index contributed by atoms with van der Waals surface area (Å²) in [6.07, 6.45) is 10.5. The summed E-state index contributed by atoms with van der Waals surface area (Å²) in [5, 5.41) is 0. The molecule has 0 aromatic rings. The smallest absolute Gasteiger partial charge is 0.309 e. The van der Waals surface area contributed by atoms with Crippen LogP contribution in [0.15, 0.2) is 23.3 Å². The second-order valence-corrected chi connectivity index (χ2v) is 10.2. The largest absolute Gasteiger partial charge is 0.469 e. The molecule has 5 heteroatoms. The van der Waals surface area contributed by atoms with E-state index >= 15 is 0 Å². The average molecular weight is 415 g/mol. The minimum atomic E-state index is -0.476. The van der Waals surface area contributed by atoms with Crippen molar-refractivity contribution in [3.8, 4) is 0 Å². The Morgan fingerprint density at radius 2 is 2.07 bits per heavy atom. The van der Waals surface area contributed by atoms with Crippen LogP contribution in [0.1, 0.15) is 72.1 Å². The highest BCUT2D eigenvalue weighted by Gasteiger charge is 2.65. The number of ether oxygens (including phenoxy) is 2. The van der Waals surface area contributed by atoms with E-state index in [0.29, 0.717) is 19.3 Å². The molecule has 30 heavy (non-hydrogen) atoms. The third kappa shape index (κ3) is 2.76. The number of rotatable bonds is 5. The van der Waals surface area contributed by atoms with Crippen LogP contribution in [0.25, 0.3) is 0 Å². The highest BCUT2D eigenvalue weighted by atomic mass is 16.5. The molecule has 0 saturated heterocycles. The van der Waals surface area contributed by atoms with Gasteiger partial charge in [-0.3, -0.25) is 14.4 Å². The van der Waals surface area contributed by atoms with Crippen molar-refractivity contribution in [1.82, 2.24) is 0 Å². The van der Waals surface area contributed by atoms with Crippen molar-refractivity contribution in [2.24, 2.45) is 28.6 Å². The number of ketones is 1. The van der Waals surface area contributed by atoms with Gasteiger partial charge < -0.3 is 9.47 Å². The first-order chi connectivity index (χ1) is 14.3. The van der Waals surface area contributed by atoms with Gasteiger partial charge in [0.15, 0.2) is 5.78 Å². The lowest BCUT2D eigenvalue weighted by molar-refractivity contribution is -0.166. The van der Waals surface area contributed by atoms with Crippen LogP contribution in [0.5, 0.6) is 0 Å². The summed E-state index contributed by atoms with van der Waals surface area (Å²) in [6.45, 7) is 7.25. The molecule has 2 fully saturated rings. The standard InChI is InChI=1S/C25H34O5/c1-5-9-25(30-15-26)12-8-20-21-18(22(28)29-4)14-16-13-17(27)6-10-23(16,2)19(21)7-11-24(20,25)3/h7,13,15,18,20-21H,5-6,8-12,14H2,1-4H3/t18?,20?,21?,23?,24?,25-/m0/s1. The van der Waals surface area contributed by atoms with Crippen LogP contribution < -0.4 is 0 Å². The molecule has 4 rings (SSSR count). The molecule has 0 amide bonds. The first-order valence-electron chi connectivity index (χ1n) is 11.4. The number of carbonyl (C=O) groups excluding carboxylic acids is 3. The normalized spacial score (nSPS) is 42.3. The van der Waals surface area contributed by atoms with Gasteiger partial charge in [-0.05, 0) is 56.4 Å². The molecular formula is C25H34O5. The molecule has 0 aromatic carbocycles. The molecule has 6 atom stereocenters. The average Bonchev–Trinajstić information content (AvgIpc) is 3.00. The van der Waals surface area contributed by atoms with E-state index in [1.54, 1.807) is 6.08 Å². The molecule has 4 aliphatic carbocycles. The van der Waals surface area contributed by atoms with E-state index in [9.17, 15) is 14.4 Å². The Hall–Kier alpha value is -1.91. The summed E-state index contributed by atoms with van der Waals surface area (Å²) < 4.78 is 11.1. The van der Waals surface area contributed by atoms with Gasteiger partial charge in [0.05, 0.1) is 13.0 Å². The topological polar surface area (TPSA) is 69.7 Å². The van der Waals surface area contributed by atoms with Gasteiger partial charge >= 0.3 is 5.97 Å². The van der Waals surface area contributed by atoms with Crippen LogP contribution >= 0.6 is 0 Å². The van der Waals surface area contributed by atoms with Crippen LogP contribution in [-0.2, 0) is 23.9 Å². The van der Waals surface area contributed by atoms with Crippen molar-refractivity contribution >= 4 is 18.2 Å². The van der Waals surface area contributed by atoms with E-state index < -0.39 is 5.60 Å². The highest BCUT2D eigenvalue weighted by Crippen LogP contribution is 2.68. The van der Waals surface area contributed by atoms with E-state index in [0.717, 1.165) is 44.1 Å². The maximum Gasteiger partial charge on any atom is 0.309 e. The van der Waals surface area contributed by atoms with Gasteiger partial charge in [-0.15, -0.1) is 0 Å². The summed E-state index contributed by atoms with van der Waals surface area (Å²) in [5.41, 5.74) is 1.56. The molecule has 0 radical (unpaired) electrons. The maximum atomic E-state index is 12.9. The number of carbonyl (C=O) groups is 3. The zero-order valence-electron chi connectivity index (χ0n) is 18.7. The van der Waals surface area contributed by atoms with E-state index in [1.165, 1.54) is 12.7 Å². The second kappa shape index (κ2) is 7.35. The number of methoxy groups -OCH3 is 1. The highest BCUT2D eigenvalue weighted by molar-refractivity contribution is 5.92. The Morgan fingerprint density at radius 1 is 1.30 bits per heavy atom. The van der Waals surface area contributed by atoms with Gasteiger partial charge in [0.2, 0.25) is 0 Å². The van der Waals surface area contributed by atoms with E-state index in [4.69, 9.17) is 9.47 Å². The molecule has 0 bridgehead atoms. The van der Waals surface area contributed by atoms with Gasteiger partial charge in [-0.2, -0.15) is 0 Å². The fourth-order valence-electron chi connectivity index (χ4n) is 7.49. The summed E-state index contributed by atoms with van der Waals surface area (Å²) >= 11 is 0. The zero-order valence-corrected chi connectivity index (χ0v) is 18.7. The lowest BCUT2D eigenvalue weighted by Gasteiger charge is -2.57. The van der Waals surface area contributed by atoms with E-state index in [-0.39, 0.29) is 40.3 Å². The van der Waals surface area contributed by atoms with Gasteiger partial charge in [0.1, 0.15) is 5.60 Å². The molecule has 4 aliphatic rings. The first kappa shape index (κ1) is 21.3. The minimum Gasteiger partial charge on any atom is -0.469 e.